The van der Waals surface area contributed by atoms with Crippen molar-refractivity contribution in [2.45, 2.75) is 12.8 Å². The van der Waals surface area contributed by atoms with Gasteiger partial charge >= 0.3 is 0 Å². The molecule has 0 bridgehead atoms. The minimum Gasteiger partial charge on any atom is -0.281 e. The third-order valence-corrected chi connectivity index (χ3v) is 3.16. The molecule has 1 aromatic heterocycles. The second kappa shape index (κ2) is 4.07. The second-order valence-corrected chi connectivity index (χ2v) is 4.47. The van der Waals surface area contributed by atoms with Gasteiger partial charge in [-0.3, -0.25) is 4.79 Å². The molecular weight excluding hydrogens is 218 g/mol. The molecule has 72 valence electrons. The number of para-hydroxylation sites is 1. The molecule has 0 aliphatic heterocycles. The molecule has 0 saturated carbocycles. The van der Waals surface area contributed by atoms with Crippen LogP contribution in [0.4, 0.5) is 0 Å². The van der Waals surface area contributed by atoms with Crippen LogP contribution in [0.2, 0.25) is 0 Å². The fourth-order valence-corrected chi connectivity index (χ4v) is 2.29. The van der Waals surface area contributed by atoms with Crippen LogP contribution in [-0.2, 0) is 11.2 Å². The summed E-state index contributed by atoms with van der Waals surface area (Å²) in [7, 11) is 0. The maximum atomic E-state index is 10.6. The fraction of sp³-hybridized carbons (Fsp3) is 0.200. The standard InChI is InChI=1S/C10H8ClNOS/c11-9(13)5-6-10-12-7-3-1-2-4-8(7)14-10/h1-4H,5-6H2. The number of halogens is 1. The quantitative estimate of drug-likeness (QED) is 0.752. The predicted octanol–water partition coefficient (Wildman–Crippen LogP) is 2.99. The largest absolute Gasteiger partial charge is 0.281 e. The fourth-order valence-electron chi connectivity index (χ4n) is 1.23. The number of rotatable bonds is 3. The summed E-state index contributed by atoms with van der Waals surface area (Å²) >= 11 is 6.88. The Balaban J connectivity index is 2.22. The van der Waals surface area contributed by atoms with Gasteiger partial charge in [0.2, 0.25) is 5.24 Å². The minimum atomic E-state index is -0.302. The number of hydrogen-bond donors (Lipinski definition) is 0. The lowest BCUT2D eigenvalue weighted by Gasteiger charge is -1.88. The van der Waals surface area contributed by atoms with Crippen LogP contribution in [-0.4, -0.2) is 10.2 Å². The van der Waals surface area contributed by atoms with E-state index in [-0.39, 0.29) is 5.24 Å². The topological polar surface area (TPSA) is 30.0 Å². The molecule has 2 nitrogen and oxygen atoms in total. The van der Waals surface area contributed by atoms with Gasteiger partial charge in [0.25, 0.3) is 0 Å². The van der Waals surface area contributed by atoms with Gasteiger partial charge in [-0.25, -0.2) is 4.98 Å². The van der Waals surface area contributed by atoms with Crippen molar-refractivity contribution in [2.24, 2.45) is 0 Å². The minimum absolute atomic E-state index is 0.302. The van der Waals surface area contributed by atoms with Crippen LogP contribution in [0, 0.1) is 0 Å². The first kappa shape index (κ1) is 9.62. The van der Waals surface area contributed by atoms with E-state index in [0.29, 0.717) is 12.8 Å². The lowest BCUT2D eigenvalue weighted by atomic mass is 10.3. The Hall–Kier alpha value is -0.930. The molecule has 2 aromatic rings. The lowest BCUT2D eigenvalue weighted by Crippen LogP contribution is -1.90. The number of hydrogen-bond acceptors (Lipinski definition) is 3. The van der Waals surface area contributed by atoms with Crippen LogP contribution in [0.1, 0.15) is 11.4 Å². The summed E-state index contributed by atoms with van der Waals surface area (Å²) < 4.78 is 1.16. The van der Waals surface area contributed by atoms with Gasteiger partial charge in [-0.2, -0.15) is 0 Å². The van der Waals surface area contributed by atoms with Gasteiger partial charge < -0.3 is 0 Å². The average Bonchev–Trinajstić information content (AvgIpc) is 2.57. The predicted molar refractivity (Wildman–Crippen MR) is 58.8 cm³/mol. The number of fused-ring (bicyclic) bond motifs is 1. The van der Waals surface area contributed by atoms with Gasteiger partial charge in [-0.15, -0.1) is 11.3 Å². The number of aromatic nitrogens is 1. The smallest absolute Gasteiger partial charge is 0.222 e. The maximum Gasteiger partial charge on any atom is 0.222 e. The van der Waals surface area contributed by atoms with Crippen molar-refractivity contribution in [1.29, 1.82) is 0 Å². The van der Waals surface area contributed by atoms with Gasteiger partial charge in [-0.05, 0) is 23.7 Å². The molecule has 0 unspecified atom stereocenters. The van der Waals surface area contributed by atoms with E-state index in [9.17, 15) is 4.79 Å². The van der Waals surface area contributed by atoms with Crippen molar-refractivity contribution in [3.8, 4) is 0 Å². The number of aryl methyl sites for hydroxylation is 1. The van der Waals surface area contributed by atoms with Crippen LogP contribution in [0.3, 0.4) is 0 Å². The van der Waals surface area contributed by atoms with E-state index in [2.05, 4.69) is 4.98 Å². The first-order chi connectivity index (χ1) is 6.75. The highest BCUT2D eigenvalue weighted by atomic mass is 35.5. The van der Waals surface area contributed by atoms with Gasteiger partial charge in [-0.1, -0.05) is 12.1 Å². The molecule has 1 aromatic carbocycles. The number of benzene rings is 1. The zero-order valence-electron chi connectivity index (χ0n) is 7.37. The zero-order chi connectivity index (χ0) is 9.97. The van der Waals surface area contributed by atoms with E-state index in [4.69, 9.17) is 11.6 Å². The molecule has 2 rings (SSSR count). The molecule has 0 amide bonds. The Labute approximate surface area is 90.5 Å². The number of carbonyl (C=O) groups is 1. The molecule has 0 aliphatic carbocycles. The van der Waals surface area contributed by atoms with Crippen molar-refractivity contribution in [3.63, 3.8) is 0 Å². The van der Waals surface area contributed by atoms with Crippen molar-refractivity contribution in [2.75, 3.05) is 0 Å². The summed E-state index contributed by atoms with van der Waals surface area (Å²) in [6.45, 7) is 0. The summed E-state index contributed by atoms with van der Waals surface area (Å²) in [5, 5.41) is 0.671. The normalized spacial score (nSPS) is 10.6. The van der Waals surface area contributed by atoms with E-state index >= 15 is 0 Å². The van der Waals surface area contributed by atoms with Crippen LogP contribution in [0.25, 0.3) is 10.2 Å². The average molecular weight is 226 g/mol. The van der Waals surface area contributed by atoms with Gasteiger partial charge in [0, 0.05) is 12.8 Å². The van der Waals surface area contributed by atoms with Crippen molar-refractivity contribution in [1.82, 2.24) is 4.98 Å². The molecule has 1 heterocycles. The third-order valence-electron chi connectivity index (χ3n) is 1.87. The van der Waals surface area contributed by atoms with E-state index in [1.165, 1.54) is 0 Å². The second-order valence-electron chi connectivity index (χ2n) is 2.93. The molecule has 0 atom stereocenters. The van der Waals surface area contributed by atoms with Crippen LogP contribution >= 0.6 is 22.9 Å². The van der Waals surface area contributed by atoms with E-state index in [1.807, 2.05) is 24.3 Å². The third kappa shape index (κ3) is 2.11. The number of carbonyl (C=O) groups excluding carboxylic acids is 1. The first-order valence-electron chi connectivity index (χ1n) is 4.28. The molecular formula is C10H8ClNOS. The number of thiazole rings is 1. The number of nitrogens with zero attached hydrogens (tertiary/aromatic N) is 1. The van der Waals surface area contributed by atoms with Crippen molar-refractivity contribution in [3.05, 3.63) is 29.3 Å². The van der Waals surface area contributed by atoms with Gasteiger partial charge in [0.1, 0.15) is 0 Å². The molecule has 4 heteroatoms. The van der Waals surface area contributed by atoms with Crippen LogP contribution in [0.5, 0.6) is 0 Å². The Kier molecular flexibility index (Phi) is 2.79. The molecule has 14 heavy (non-hydrogen) atoms. The summed E-state index contributed by atoms with van der Waals surface area (Å²) in [6, 6.07) is 7.94. The Morgan fingerprint density at radius 3 is 2.93 bits per heavy atom. The summed E-state index contributed by atoms with van der Waals surface area (Å²) in [6.07, 6.45) is 1.00. The first-order valence-corrected chi connectivity index (χ1v) is 5.48. The van der Waals surface area contributed by atoms with Crippen LogP contribution in [0.15, 0.2) is 24.3 Å². The zero-order valence-corrected chi connectivity index (χ0v) is 8.94. The Bertz CT molecular complexity index is 433. The monoisotopic (exact) mass is 225 g/mol. The Morgan fingerprint density at radius 1 is 1.43 bits per heavy atom. The van der Waals surface area contributed by atoms with E-state index in [0.717, 1.165) is 15.2 Å². The molecule has 0 spiro atoms. The lowest BCUT2D eigenvalue weighted by molar-refractivity contribution is -0.111. The summed E-state index contributed by atoms with van der Waals surface area (Å²) in [4.78, 5) is 15.0. The van der Waals surface area contributed by atoms with E-state index < -0.39 is 0 Å². The maximum absolute atomic E-state index is 10.6. The van der Waals surface area contributed by atoms with Gasteiger partial charge in [0.15, 0.2) is 0 Å². The summed E-state index contributed by atoms with van der Waals surface area (Å²) in [5.74, 6) is 0. The molecule has 0 radical (unpaired) electrons. The molecule has 0 fully saturated rings. The van der Waals surface area contributed by atoms with E-state index in [1.54, 1.807) is 11.3 Å². The Morgan fingerprint density at radius 2 is 2.21 bits per heavy atom. The SMILES string of the molecule is O=C(Cl)CCc1nc2ccccc2s1. The summed E-state index contributed by atoms with van der Waals surface area (Å²) in [5.41, 5.74) is 0.995. The molecule has 0 aliphatic rings. The molecule has 0 saturated heterocycles. The highest BCUT2D eigenvalue weighted by Gasteiger charge is 2.04. The van der Waals surface area contributed by atoms with Crippen molar-refractivity contribution >= 4 is 38.4 Å². The van der Waals surface area contributed by atoms with Gasteiger partial charge in [0.05, 0.1) is 15.2 Å². The van der Waals surface area contributed by atoms with Crippen molar-refractivity contribution < 1.29 is 4.79 Å². The molecule has 0 N–H and O–H groups in total. The highest BCUT2D eigenvalue weighted by Crippen LogP contribution is 2.22. The van der Waals surface area contributed by atoms with Crippen LogP contribution < -0.4 is 0 Å². The highest BCUT2D eigenvalue weighted by molar-refractivity contribution is 7.18.